The largest absolute Gasteiger partial charge is 0.429 e. The van der Waals surface area contributed by atoms with Gasteiger partial charge >= 0.3 is 0 Å². The molecule has 2 saturated carbocycles. The summed E-state index contributed by atoms with van der Waals surface area (Å²) in [6.07, 6.45) is 6.21. The van der Waals surface area contributed by atoms with Crippen LogP contribution in [-0.2, 0) is 16.0 Å². The fourth-order valence-electron chi connectivity index (χ4n) is 5.46. The van der Waals surface area contributed by atoms with Crippen LogP contribution in [0.4, 0.5) is 0 Å². The Kier molecular flexibility index (Phi) is 3.14. The van der Waals surface area contributed by atoms with Crippen molar-refractivity contribution in [2.24, 2.45) is 17.3 Å². The number of carbonyl (C=O) groups is 2. The van der Waals surface area contributed by atoms with E-state index in [1.165, 1.54) is 11.1 Å². The Hall–Kier alpha value is -1.64. The molecule has 0 spiro atoms. The van der Waals surface area contributed by atoms with Crippen LogP contribution in [0.5, 0.6) is 5.75 Å². The summed E-state index contributed by atoms with van der Waals surface area (Å²) in [5.74, 6) is 2.94. The second-order valence-electron chi connectivity index (χ2n) is 7.41. The summed E-state index contributed by atoms with van der Waals surface area (Å²) in [7, 11) is 0. The van der Waals surface area contributed by atoms with Crippen molar-refractivity contribution in [2.75, 3.05) is 0 Å². The van der Waals surface area contributed by atoms with Gasteiger partial charge in [-0.2, -0.15) is 0 Å². The van der Waals surface area contributed by atoms with Crippen LogP contribution in [0, 0.1) is 17.3 Å². The van der Waals surface area contributed by atoms with Crippen LogP contribution in [0.25, 0.3) is 0 Å². The summed E-state index contributed by atoms with van der Waals surface area (Å²) in [5.41, 5.74) is 2.70. The molecule has 0 unspecified atom stereocenters. The lowest BCUT2D eigenvalue weighted by Gasteiger charge is -2.48. The number of hydrogen-bond acceptors (Lipinski definition) is 3. The van der Waals surface area contributed by atoms with Crippen molar-refractivity contribution in [3.05, 3.63) is 29.3 Å². The lowest BCUT2D eigenvalue weighted by molar-refractivity contribution is -0.129. The number of rotatable bonds is 2. The Morgan fingerprint density at radius 1 is 1.23 bits per heavy atom. The fraction of sp³-hybridized carbons (Fsp3) is 0.579. The van der Waals surface area contributed by atoms with Crippen LogP contribution in [0.1, 0.15) is 56.1 Å². The summed E-state index contributed by atoms with van der Waals surface area (Å²) in [6, 6.07) is 6.07. The zero-order chi connectivity index (χ0) is 15.3. The van der Waals surface area contributed by atoms with Crippen molar-refractivity contribution in [1.82, 2.24) is 0 Å². The lowest BCUT2D eigenvalue weighted by Crippen LogP contribution is -2.42. The van der Waals surface area contributed by atoms with Crippen LogP contribution in [0.2, 0.25) is 0 Å². The van der Waals surface area contributed by atoms with Crippen LogP contribution in [-0.4, -0.2) is 12.3 Å². The van der Waals surface area contributed by atoms with E-state index in [4.69, 9.17) is 4.74 Å². The molecule has 0 aromatic heterocycles. The van der Waals surface area contributed by atoms with Crippen molar-refractivity contribution in [1.29, 1.82) is 0 Å². The summed E-state index contributed by atoms with van der Waals surface area (Å²) in [6.45, 7) is 2.70. The first-order valence-electron chi connectivity index (χ1n) is 8.40. The van der Waals surface area contributed by atoms with E-state index in [0.29, 0.717) is 35.8 Å². The molecule has 0 amide bonds. The van der Waals surface area contributed by atoms with Gasteiger partial charge in [-0.3, -0.25) is 9.59 Å². The van der Waals surface area contributed by atoms with Gasteiger partial charge in [-0.15, -0.1) is 0 Å². The molecular weight excluding hydrogens is 276 g/mol. The summed E-state index contributed by atoms with van der Waals surface area (Å²) in [4.78, 5) is 22.8. The highest BCUT2D eigenvalue weighted by Crippen LogP contribution is 2.59. The Morgan fingerprint density at radius 3 is 2.91 bits per heavy atom. The van der Waals surface area contributed by atoms with E-state index in [-0.39, 0.29) is 5.41 Å². The van der Waals surface area contributed by atoms with E-state index in [9.17, 15) is 9.59 Å². The second-order valence-corrected chi connectivity index (χ2v) is 7.41. The van der Waals surface area contributed by atoms with E-state index in [1.54, 1.807) is 0 Å². The monoisotopic (exact) mass is 298 g/mol. The highest BCUT2D eigenvalue weighted by molar-refractivity contribution is 5.87. The number of carbonyl (C=O) groups excluding carboxylic acids is 2. The van der Waals surface area contributed by atoms with Gasteiger partial charge < -0.3 is 4.74 Å². The summed E-state index contributed by atoms with van der Waals surface area (Å²) in [5, 5.41) is 0. The first-order chi connectivity index (χ1) is 10.6. The van der Waals surface area contributed by atoms with Gasteiger partial charge in [0.2, 0.25) is 0 Å². The second kappa shape index (κ2) is 4.94. The molecule has 116 valence electrons. The molecule has 1 aromatic rings. The van der Waals surface area contributed by atoms with Gasteiger partial charge in [0.1, 0.15) is 11.5 Å². The third-order valence-corrected chi connectivity index (χ3v) is 6.59. The third-order valence-electron chi connectivity index (χ3n) is 6.59. The zero-order valence-electron chi connectivity index (χ0n) is 13.0. The Bertz CT molecular complexity index is 636. The molecule has 0 radical (unpaired) electrons. The molecule has 3 aliphatic carbocycles. The normalized spacial score (nSPS) is 36.2. The number of aryl methyl sites for hydroxylation is 1. The summed E-state index contributed by atoms with van der Waals surface area (Å²) < 4.78 is 4.98. The molecule has 3 aliphatic rings. The summed E-state index contributed by atoms with van der Waals surface area (Å²) >= 11 is 0. The molecule has 4 atom stereocenters. The Balaban J connectivity index is 1.67. The molecule has 22 heavy (non-hydrogen) atoms. The van der Waals surface area contributed by atoms with Crippen molar-refractivity contribution in [3.63, 3.8) is 0 Å². The molecule has 2 fully saturated rings. The van der Waals surface area contributed by atoms with Crippen LogP contribution >= 0.6 is 0 Å². The molecule has 1 aromatic carbocycles. The van der Waals surface area contributed by atoms with Crippen molar-refractivity contribution in [3.8, 4) is 5.75 Å². The Labute approximate surface area is 131 Å². The number of Topliss-reactive ketones (excluding diaryl/α,β-unsaturated/α-hetero) is 1. The number of ether oxygens (including phenoxy) is 1. The number of fused-ring (bicyclic) bond motifs is 5. The topological polar surface area (TPSA) is 43.4 Å². The SMILES string of the molecule is C[C@]12CC[C@@H]3c4ccc(OC=O)cc4CC[C@H]3[C@@H]1CCC2=O. The van der Waals surface area contributed by atoms with Gasteiger partial charge in [0.05, 0.1) is 0 Å². The van der Waals surface area contributed by atoms with Gasteiger partial charge in [0, 0.05) is 11.8 Å². The lowest BCUT2D eigenvalue weighted by atomic mass is 9.55. The Morgan fingerprint density at radius 2 is 2.09 bits per heavy atom. The predicted molar refractivity (Wildman–Crippen MR) is 82.8 cm³/mol. The van der Waals surface area contributed by atoms with Gasteiger partial charge in [0.25, 0.3) is 6.47 Å². The number of hydrogen-bond donors (Lipinski definition) is 0. The molecule has 3 nitrogen and oxygen atoms in total. The van der Waals surface area contributed by atoms with E-state index in [0.717, 1.165) is 38.5 Å². The maximum Gasteiger partial charge on any atom is 0.298 e. The average molecular weight is 298 g/mol. The average Bonchev–Trinajstić information content (AvgIpc) is 2.83. The zero-order valence-corrected chi connectivity index (χ0v) is 13.0. The predicted octanol–water partition coefficient (Wildman–Crippen LogP) is 3.65. The van der Waals surface area contributed by atoms with Gasteiger partial charge in [-0.25, -0.2) is 0 Å². The molecule has 4 rings (SSSR count). The molecular formula is C19H22O3. The fourth-order valence-corrected chi connectivity index (χ4v) is 5.46. The van der Waals surface area contributed by atoms with E-state index < -0.39 is 0 Å². The maximum atomic E-state index is 12.3. The first-order valence-corrected chi connectivity index (χ1v) is 8.40. The highest BCUT2D eigenvalue weighted by Gasteiger charge is 2.54. The smallest absolute Gasteiger partial charge is 0.298 e. The van der Waals surface area contributed by atoms with Crippen LogP contribution < -0.4 is 4.74 Å². The minimum atomic E-state index is -0.0563. The van der Waals surface area contributed by atoms with Gasteiger partial charge in [0.15, 0.2) is 0 Å². The van der Waals surface area contributed by atoms with Gasteiger partial charge in [-0.05, 0) is 73.1 Å². The highest BCUT2D eigenvalue weighted by atomic mass is 16.5. The van der Waals surface area contributed by atoms with Crippen molar-refractivity contribution >= 4 is 12.3 Å². The van der Waals surface area contributed by atoms with E-state index in [1.807, 2.05) is 12.1 Å². The quantitative estimate of drug-likeness (QED) is 0.783. The maximum absolute atomic E-state index is 12.3. The van der Waals surface area contributed by atoms with Crippen LogP contribution in [0.15, 0.2) is 18.2 Å². The molecule has 0 bridgehead atoms. The van der Waals surface area contributed by atoms with E-state index in [2.05, 4.69) is 13.0 Å². The standard InChI is InChI=1S/C19H22O3/c1-19-9-8-15-14-5-3-13(22-11-20)10-12(14)2-4-16(15)17(19)6-7-18(19)21/h3,5,10-11,15-17H,2,4,6-9H2,1H3/t15-,16-,17+,19+/m1/s1. The molecule has 0 heterocycles. The van der Waals surface area contributed by atoms with Crippen molar-refractivity contribution in [2.45, 2.75) is 51.4 Å². The van der Waals surface area contributed by atoms with E-state index >= 15 is 0 Å². The first kappa shape index (κ1) is 14.0. The van der Waals surface area contributed by atoms with Gasteiger partial charge in [-0.1, -0.05) is 13.0 Å². The minimum Gasteiger partial charge on any atom is -0.429 e. The molecule has 0 N–H and O–H groups in total. The van der Waals surface area contributed by atoms with Crippen LogP contribution in [0.3, 0.4) is 0 Å². The third kappa shape index (κ3) is 1.87. The molecule has 3 heteroatoms. The number of benzene rings is 1. The van der Waals surface area contributed by atoms with Crippen molar-refractivity contribution < 1.29 is 14.3 Å². The molecule has 0 aliphatic heterocycles. The minimum absolute atomic E-state index is 0.0563. The molecule has 0 saturated heterocycles. The number of ketones is 1.